The molecule has 0 aliphatic rings. The van der Waals surface area contributed by atoms with Gasteiger partial charge in [0.1, 0.15) is 12.0 Å². The van der Waals surface area contributed by atoms with Crippen molar-refractivity contribution in [2.45, 2.75) is 11.8 Å². The monoisotopic (exact) mass is 540 g/mol. The zero-order valence-electron chi connectivity index (χ0n) is 19.0. The molecule has 1 unspecified atom stereocenters. The molecular weight excluding hydrogens is 523 g/mol. The van der Waals surface area contributed by atoms with E-state index in [0.717, 1.165) is 11.1 Å². The lowest BCUT2D eigenvalue weighted by Gasteiger charge is -2.16. The first-order chi connectivity index (χ1) is 17.4. The Labute approximate surface area is 218 Å². The van der Waals surface area contributed by atoms with E-state index in [-0.39, 0.29) is 11.4 Å². The van der Waals surface area contributed by atoms with Crippen LogP contribution >= 0.6 is 23.2 Å². The maximum Gasteiger partial charge on any atom is 0.255 e. The molecule has 3 aromatic heterocycles. The van der Waals surface area contributed by atoms with Crippen LogP contribution in [0.5, 0.6) is 5.88 Å². The molecule has 5 rings (SSSR count). The first kappa shape index (κ1) is 24.1. The van der Waals surface area contributed by atoms with Gasteiger partial charge in [-0.15, -0.1) is 0 Å². The van der Waals surface area contributed by atoms with Crippen LogP contribution in [0, 0.1) is 6.92 Å². The van der Waals surface area contributed by atoms with Gasteiger partial charge in [-0.2, -0.15) is 0 Å². The molecule has 5 aromatic rings. The van der Waals surface area contributed by atoms with Gasteiger partial charge in [-0.1, -0.05) is 34.4 Å². The summed E-state index contributed by atoms with van der Waals surface area (Å²) < 4.78 is 27.3. The van der Waals surface area contributed by atoms with Crippen molar-refractivity contribution in [2.24, 2.45) is 0 Å². The van der Waals surface area contributed by atoms with E-state index < -0.39 is 11.0 Å². The molecule has 0 saturated heterocycles. The average Bonchev–Trinajstić information content (AvgIpc) is 3.38. The van der Waals surface area contributed by atoms with E-state index in [1.54, 1.807) is 42.5 Å². The Hall–Kier alpha value is -3.66. The van der Waals surface area contributed by atoms with Gasteiger partial charge in [-0.05, 0) is 55.0 Å². The van der Waals surface area contributed by atoms with Gasteiger partial charge in [0.2, 0.25) is 5.88 Å². The molecule has 2 aromatic carbocycles. The molecule has 0 bridgehead atoms. The number of rotatable bonds is 6. The lowest BCUT2D eigenvalue weighted by molar-refractivity contribution is 0.396. The van der Waals surface area contributed by atoms with Crippen LogP contribution in [0.1, 0.15) is 5.56 Å². The highest BCUT2D eigenvalue weighted by Gasteiger charge is 2.18. The fourth-order valence-electron chi connectivity index (χ4n) is 3.77. The number of aryl methyl sites for hydroxylation is 1. The van der Waals surface area contributed by atoms with E-state index in [4.69, 9.17) is 32.5 Å². The van der Waals surface area contributed by atoms with E-state index in [9.17, 15) is 9.00 Å². The Kier molecular flexibility index (Phi) is 6.53. The van der Waals surface area contributed by atoms with Crippen molar-refractivity contribution in [3.8, 4) is 22.8 Å². The normalized spacial score (nSPS) is 12.0. The SMILES string of the molecule is COc1nc(-c2ccc(Cl)c(C)c2)c(Cl)cc1-n1c(=O)ccc2cc(S(=O)Nc3ccon3)ccc21. The van der Waals surface area contributed by atoms with E-state index in [2.05, 4.69) is 14.9 Å². The van der Waals surface area contributed by atoms with E-state index in [1.165, 1.54) is 24.0 Å². The minimum Gasteiger partial charge on any atom is -0.479 e. The van der Waals surface area contributed by atoms with Gasteiger partial charge in [0.25, 0.3) is 5.56 Å². The number of halogens is 2. The number of nitrogens with zero attached hydrogens (tertiary/aromatic N) is 3. The van der Waals surface area contributed by atoms with Crippen LogP contribution in [0.25, 0.3) is 27.8 Å². The minimum absolute atomic E-state index is 0.219. The lowest BCUT2D eigenvalue weighted by atomic mass is 10.1. The number of ether oxygens (including phenoxy) is 1. The van der Waals surface area contributed by atoms with Crippen LogP contribution in [0.2, 0.25) is 10.0 Å². The smallest absolute Gasteiger partial charge is 0.255 e. The summed E-state index contributed by atoms with van der Waals surface area (Å²) in [6.45, 7) is 1.89. The van der Waals surface area contributed by atoms with Crippen molar-refractivity contribution < 1.29 is 13.5 Å². The average molecular weight is 541 g/mol. The zero-order valence-corrected chi connectivity index (χ0v) is 21.3. The van der Waals surface area contributed by atoms with Gasteiger partial charge in [-0.25, -0.2) is 9.19 Å². The first-order valence-electron chi connectivity index (χ1n) is 10.6. The van der Waals surface area contributed by atoms with Crippen molar-refractivity contribution in [3.63, 3.8) is 0 Å². The highest BCUT2D eigenvalue weighted by atomic mass is 35.5. The van der Waals surface area contributed by atoms with Crippen LogP contribution in [0.3, 0.4) is 0 Å². The minimum atomic E-state index is -1.59. The fourth-order valence-corrected chi connectivity index (χ4v) is 4.99. The number of hydrogen-bond acceptors (Lipinski definition) is 6. The number of hydrogen-bond donors (Lipinski definition) is 1. The molecule has 0 spiro atoms. The van der Waals surface area contributed by atoms with Gasteiger partial charge in [0.05, 0.1) is 28.2 Å². The van der Waals surface area contributed by atoms with Gasteiger partial charge in [-0.3, -0.25) is 14.1 Å². The van der Waals surface area contributed by atoms with Gasteiger partial charge in [0, 0.05) is 28.1 Å². The molecule has 8 nitrogen and oxygen atoms in total. The molecule has 0 fully saturated rings. The molecule has 3 heterocycles. The molecule has 1 N–H and O–H groups in total. The Morgan fingerprint density at radius 2 is 1.86 bits per heavy atom. The number of pyridine rings is 2. The molecule has 182 valence electrons. The maximum atomic E-state index is 13.0. The second kappa shape index (κ2) is 9.77. The first-order valence-corrected chi connectivity index (χ1v) is 12.5. The summed E-state index contributed by atoms with van der Waals surface area (Å²) in [5, 5.41) is 5.36. The summed E-state index contributed by atoms with van der Waals surface area (Å²) in [6, 6.07) is 16.9. The number of methoxy groups -OCH3 is 1. The number of benzene rings is 2. The predicted octanol–water partition coefficient (Wildman–Crippen LogP) is 5.80. The summed E-state index contributed by atoms with van der Waals surface area (Å²) in [4.78, 5) is 18.1. The van der Waals surface area contributed by atoms with Crippen molar-refractivity contribution in [1.82, 2.24) is 14.7 Å². The van der Waals surface area contributed by atoms with Crippen molar-refractivity contribution >= 4 is 50.9 Å². The molecule has 11 heteroatoms. The third-order valence-corrected chi connectivity index (χ3v) is 7.29. The highest BCUT2D eigenvalue weighted by Crippen LogP contribution is 2.35. The predicted molar refractivity (Wildman–Crippen MR) is 141 cm³/mol. The molecule has 36 heavy (non-hydrogen) atoms. The zero-order chi connectivity index (χ0) is 25.4. The maximum absolute atomic E-state index is 13.0. The van der Waals surface area contributed by atoms with Crippen LogP contribution in [0.4, 0.5) is 5.82 Å². The summed E-state index contributed by atoms with van der Waals surface area (Å²) in [6.07, 6.45) is 1.38. The van der Waals surface area contributed by atoms with Gasteiger partial charge >= 0.3 is 0 Å². The second-order valence-electron chi connectivity index (χ2n) is 7.79. The molecule has 0 radical (unpaired) electrons. The molecule has 0 saturated carbocycles. The standard InChI is InChI=1S/C25H18Cl2N4O4S/c1-14-11-16(3-6-18(14)26)24-19(27)13-21(25(28-24)34-2)31-20-7-5-17(12-15(20)4-8-23(31)32)36(33)30-22-9-10-35-29-22/h3-13H,1-2H3,(H,29,30). The van der Waals surface area contributed by atoms with Crippen LogP contribution in [0.15, 0.2) is 81.1 Å². The fraction of sp³-hybridized carbons (Fsp3) is 0.0800. The third kappa shape index (κ3) is 4.48. The Balaban J connectivity index is 1.61. The second-order valence-corrected chi connectivity index (χ2v) is 9.82. The lowest BCUT2D eigenvalue weighted by Crippen LogP contribution is -2.19. The van der Waals surface area contributed by atoms with Crippen molar-refractivity contribution in [2.75, 3.05) is 11.8 Å². The Morgan fingerprint density at radius 1 is 1.03 bits per heavy atom. The number of nitrogens with one attached hydrogen (secondary N) is 1. The summed E-state index contributed by atoms with van der Waals surface area (Å²) in [5.74, 6) is 0.566. The molecular formula is C25H18Cl2N4O4S. The van der Waals surface area contributed by atoms with Gasteiger partial charge in [0.15, 0.2) is 16.8 Å². The van der Waals surface area contributed by atoms with E-state index in [0.29, 0.717) is 43.0 Å². The van der Waals surface area contributed by atoms with Gasteiger partial charge < -0.3 is 9.26 Å². The summed E-state index contributed by atoms with van der Waals surface area (Å²) in [7, 11) is -0.115. The molecule has 0 amide bonds. The van der Waals surface area contributed by atoms with Crippen molar-refractivity contribution in [1.29, 1.82) is 0 Å². The molecule has 0 aliphatic carbocycles. The number of aromatic nitrogens is 3. The van der Waals surface area contributed by atoms with E-state index in [1.807, 2.05) is 19.1 Å². The quantitative estimate of drug-likeness (QED) is 0.292. The number of fused-ring (bicyclic) bond motifs is 1. The van der Waals surface area contributed by atoms with Crippen LogP contribution in [-0.4, -0.2) is 26.0 Å². The van der Waals surface area contributed by atoms with E-state index >= 15 is 0 Å². The Morgan fingerprint density at radius 3 is 2.58 bits per heavy atom. The molecule has 1 atom stereocenters. The largest absolute Gasteiger partial charge is 0.479 e. The Bertz CT molecular complexity index is 1690. The van der Waals surface area contributed by atoms with Crippen LogP contribution in [-0.2, 0) is 11.0 Å². The summed E-state index contributed by atoms with van der Waals surface area (Å²) in [5.41, 5.74) is 2.79. The highest BCUT2D eigenvalue weighted by molar-refractivity contribution is 7.86. The van der Waals surface area contributed by atoms with Crippen LogP contribution < -0.4 is 15.0 Å². The third-order valence-electron chi connectivity index (χ3n) is 5.50. The molecule has 0 aliphatic heterocycles. The topological polar surface area (TPSA) is 99.2 Å². The number of anilines is 1. The summed E-state index contributed by atoms with van der Waals surface area (Å²) >= 11 is 12.8. The van der Waals surface area contributed by atoms with Crippen molar-refractivity contribution in [3.05, 3.63) is 92.9 Å².